The average Bonchev–Trinajstić information content (AvgIpc) is 2.74. The molecule has 0 aliphatic carbocycles. The molecule has 0 spiro atoms. The van der Waals surface area contributed by atoms with Gasteiger partial charge in [-0.25, -0.2) is 13.8 Å². The van der Waals surface area contributed by atoms with Gasteiger partial charge in [0, 0.05) is 55.8 Å². The molecule has 0 N–H and O–H groups in total. The molecule has 0 unspecified atom stereocenters. The van der Waals surface area contributed by atoms with E-state index in [0.717, 1.165) is 0 Å². The summed E-state index contributed by atoms with van der Waals surface area (Å²) >= 11 is 0. The fourth-order valence-electron chi connectivity index (χ4n) is 3.23. The van der Waals surface area contributed by atoms with Crippen molar-refractivity contribution >= 4 is 11.8 Å². The predicted octanol–water partition coefficient (Wildman–Crippen LogP) is 2.15. The molecule has 4 heterocycles. The molecule has 0 bridgehead atoms. The molecule has 144 valence electrons. The van der Waals surface area contributed by atoms with Gasteiger partial charge in [-0.1, -0.05) is 0 Å². The standard InChI is InChI=1S/C18H21F2N5O2/c19-17(20)13-1-2-21-12-14(13)15-11-16(24-3-7-26-8-4-24)23-18(22-15)25-5-9-27-10-6-25/h1-2,11-12,17H,3-10H2. The van der Waals surface area contributed by atoms with Crippen LogP contribution in [0.5, 0.6) is 0 Å². The number of pyridine rings is 1. The van der Waals surface area contributed by atoms with Crippen LogP contribution in [0.3, 0.4) is 0 Å². The van der Waals surface area contributed by atoms with E-state index in [1.807, 2.05) is 4.90 Å². The average molecular weight is 377 g/mol. The van der Waals surface area contributed by atoms with Crippen molar-refractivity contribution in [1.82, 2.24) is 15.0 Å². The summed E-state index contributed by atoms with van der Waals surface area (Å²) in [4.78, 5) is 17.4. The quantitative estimate of drug-likeness (QED) is 0.809. The lowest BCUT2D eigenvalue weighted by Gasteiger charge is -2.31. The fraction of sp³-hybridized carbons (Fsp3) is 0.500. The molecule has 0 aromatic carbocycles. The van der Waals surface area contributed by atoms with E-state index >= 15 is 0 Å². The first-order valence-corrected chi connectivity index (χ1v) is 8.99. The molecule has 2 fully saturated rings. The maximum Gasteiger partial charge on any atom is 0.264 e. The number of morpholine rings is 2. The third-order valence-electron chi connectivity index (χ3n) is 4.70. The first-order valence-electron chi connectivity index (χ1n) is 8.99. The summed E-state index contributed by atoms with van der Waals surface area (Å²) < 4.78 is 37.8. The molecule has 2 aromatic heterocycles. The van der Waals surface area contributed by atoms with E-state index in [2.05, 4.69) is 14.9 Å². The molecule has 2 aromatic rings. The fourth-order valence-corrected chi connectivity index (χ4v) is 3.23. The van der Waals surface area contributed by atoms with Crippen molar-refractivity contribution in [1.29, 1.82) is 0 Å². The highest BCUT2D eigenvalue weighted by Crippen LogP contribution is 2.32. The van der Waals surface area contributed by atoms with Gasteiger partial charge >= 0.3 is 0 Å². The molecule has 0 radical (unpaired) electrons. The molecular weight excluding hydrogens is 356 g/mol. The molecule has 2 aliphatic heterocycles. The summed E-state index contributed by atoms with van der Waals surface area (Å²) in [5.41, 5.74) is 0.708. The normalized spacial score (nSPS) is 18.2. The number of nitrogens with zero attached hydrogens (tertiary/aromatic N) is 5. The Morgan fingerprint density at radius 2 is 1.59 bits per heavy atom. The van der Waals surface area contributed by atoms with Crippen LogP contribution in [0, 0.1) is 0 Å². The Bertz CT molecular complexity index is 744. The summed E-state index contributed by atoms with van der Waals surface area (Å²) in [6, 6.07) is 3.10. The van der Waals surface area contributed by atoms with Gasteiger partial charge < -0.3 is 19.3 Å². The van der Waals surface area contributed by atoms with Crippen molar-refractivity contribution in [2.75, 3.05) is 62.4 Å². The Kier molecular flexibility index (Phi) is 5.40. The van der Waals surface area contributed by atoms with Gasteiger partial charge in [0.2, 0.25) is 5.95 Å². The minimum atomic E-state index is -2.60. The van der Waals surface area contributed by atoms with E-state index in [-0.39, 0.29) is 5.56 Å². The van der Waals surface area contributed by atoms with Crippen LogP contribution in [0.2, 0.25) is 0 Å². The van der Waals surface area contributed by atoms with Crippen LogP contribution in [0.1, 0.15) is 12.0 Å². The van der Waals surface area contributed by atoms with Crippen LogP contribution < -0.4 is 9.80 Å². The zero-order chi connectivity index (χ0) is 18.6. The van der Waals surface area contributed by atoms with Gasteiger partial charge in [0.05, 0.1) is 32.1 Å². The summed E-state index contributed by atoms with van der Waals surface area (Å²) in [5.74, 6) is 1.25. The molecule has 27 heavy (non-hydrogen) atoms. The van der Waals surface area contributed by atoms with Crippen molar-refractivity contribution in [3.05, 3.63) is 30.1 Å². The Balaban J connectivity index is 1.78. The Labute approximate surface area is 155 Å². The van der Waals surface area contributed by atoms with E-state index in [1.54, 1.807) is 6.07 Å². The maximum absolute atomic E-state index is 13.5. The van der Waals surface area contributed by atoms with Crippen LogP contribution >= 0.6 is 0 Å². The largest absolute Gasteiger partial charge is 0.378 e. The monoisotopic (exact) mass is 377 g/mol. The van der Waals surface area contributed by atoms with Gasteiger partial charge in [-0.15, -0.1) is 0 Å². The smallest absolute Gasteiger partial charge is 0.264 e. The highest BCUT2D eigenvalue weighted by Gasteiger charge is 2.22. The molecule has 9 heteroatoms. The summed E-state index contributed by atoms with van der Waals surface area (Å²) in [7, 11) is 0. The van der Waals surface area contributed by atoms with Gasteiger partial charge in [0.15, 0.2) is 0 Å². The van der Waals surface area contributed by atoms with Gasteiger partial charge in [0.25, 0.3) is 6.43 Å². The van der Waals surface area contributed by atoms with E-state index in [1.165, 1.54) is 18.5 Å². The topological polar surface area (TPSA) is 63.6 Å². The lowest BCUT2D eigenvalue weighted by Crippen LogP contribution is -2.39. The number of ether oxygens (including phenoxy) is 2. The minimum Gasteiger partial charge on any atom is -0.378 e. The van der Waals surface area contributed by atoms with E-state index in [0.29, 0.717) is 75.6 Å². The van der Waals surface area contributed by atoms with Gasteiger partial charge in [-0.05, 0) is 6.07 Å². The second-order valence-corrected chi connectivity index (χ2v) is 6.37. The van der Waals surface area contributed by atoms with Crippen molar-refractivity contribution in [3.63, 3.8) is 0 Å². The summed E-state index contributed by atoms with van der Waals surface area (Å²) in [6.07, 6.45) is 0.213. The third-order valence-corrected chi connectivity index (χ3v) is 4.70. The number of rotatable bonds is 4. The molecule has 2 aliphatic rings. The van der Waals surface area contributed by atoms with E-state index in [9.17, 15) is 8.78 Å². The molecule has 0 saturated carbocycles. The number of hydrogen-bond donors (Lipinski definition) is 0. The van der Waals surface area contributed by atoms with Crippen LogP contribution in [-0.2, 0) is 9.47 Å². The highest BCUT2D eigenvalue weighted by atomic mass is 19.3. The molecule has 0 amide bonds. The minimum absolute atomic E-state index is 0.0791. The lowest BCUT2D eigenvalue weighted by molar-refractivity contribution is 0.121. The predicted molar refractivity (Wildman–Crippen MR) is 96.3 cm³/mol. The SMILES string of the molecule is FC(F)c1ccncc1-c1cc(N2CCOCC2)nc(N2CCOCC2)n1. The van der Waals surface area contributed by atoms with Crippen molar-refractivity contribution < 1.29 is 18.3 Å². The lowest BCUT2D eigenvalue weighted by atomic mass is 10.1. The number of alkyl halides is 2. The number of hydrogen-bond acceptors (Lipinski definition) is 7. The van der Waals surface area contributed by atoms with E-state index in [4.69, 9.17) is 14.5 Å². The third kappa shape index (κ3) is 3.98. The summed E-state index contributed by atoms with van der Waals surface area (Å²) in [6.45, 7) is 5.15. The number of aromatic nitrogens is 3. The Morgan fingerprint density at radius 1 is 0.926 bits per heavy atom. The van der Waals surface area contributed by atoms with Gasteiger partial charge in [0.1, 0.15) is 5.82 Å². The molecule has 4 rings (SSSR count). The van der Waals surface area contributed by atoms with Crippen molar-refractivity contribution in [2.45, 2.75) is 6.43 Å². The van der Waals surface area contributed by atoms with Crippen LogP contribution in [0.15, 0.2) is 24.5 Å². The van der Waals surface area contributed by atoms with E-state index < -0.39 is 6.43 Å². The second kappa shape index (κ2) is 8.10. The number of halogens is 2. The van der Waals surface area contributed by atoms with Crippen LogP contribution in [0.4, 0.5) is 20.5 Å². The summed E-state index contributed by atoms with van der Waals surface area (Å²) in [5, 5.41) is 0. The molecular formula is C18H21F2N5O2. The number of anilines is 2. The van der Waals surface area contributed by atoms with Crippen molar-refractivity contribution in [2.24, 2.45) is 0 Å². The van der Waals surface area contributed by atoms with Crippen molar-refractivity contribution in [3.8, 4) is 11.3 Å². The first kappa shape index (κ1) is 18.0. The first-order chi connectivity index (χ1) is 13.2. The van der Waals surface area contributed by atoms with Crippen LogP contribution in [-0.4, -0.2) is 67.6 Å². The Hall–Kier alpha value is -2.39. The molecule has 2 saturated heterocycles. The van der Waals surface area contributed by atoms with Gasteiger partial charge in [-0.3, -0.25) is 4.98 Å². The Morgan fingerprint density at radius 3 is 2.26 bits per heavy atom. The zero-order valence-electron chi connectivity index (χ0n) is 14.9. The molecule has 0 atom stereocenters. The van der Waals surface area contributed by atoms with Gasteiger partial charge in [-0.2, -0.15) is 4.98 Å². The van der Waals surface area contributed by atoms with Crippen LogP contribution in [0.25, 0.3) is 11.3 Å². The zero-order valence-corrected chi connectivity index (χ0v) is 14.9. The second-order valence-electron chi connectivity index (χ2n) is 6.37. The molecule has 7 nitrogen and oxygen atoms in total. The maximum atomic E-state index is 13.5. The highest BCUT2D eigenvalue weighted by molar-refractivity contribution is 5.68.